The number of carbonyl (C=O) groups excluding carboxylic acids is 1. The van der Waals surface area contributed by atoms with Gasteiger partial charge in [-0.3, -0.25) is 9.52 Å². The van der Waals surface area contributed by atoms with Gasteiger partial charge >= 0.3 is 0 Å². The fraction of sp³-hybridized carbons (Fsp3) is 0.286. The summed E-state index contributed by atoms with van der Waals surface area (Å²) in [4.78, 5) is 12.5. The predicted octanol–water partition coefficient (Wildman–Crippen LogP) is 2.25. The molecule has 0 saturated carbocycles. The number of piperidine rings is 1. The Labute approximate surface area is 183 Å². The van der Waals surface area contributed by atoms with Gasteiger partial charge in [0.15, 0.2) is 0 Å². The van der Waals surface area contributed by atoms with Crippen molar-refractivity contribution in [3.05, 3.63) is 71.1 Å². The van der Waals surface area contributed by atoms with Crippen LogP contribution < -0.4 is 10.0 Å². The van der Waals surface area contributed by atoms with Crippen molar-refractivity contribution in [2.24, 2.45) is 0 Å². The number of benzene rings is 2. The Kier molecular flexibility index (Phi) is 7.14. The second-order valence-electron chi connectivity index (χ2n) is 7.37. The van der Waals surface area contributed by atoms with E-state index in [-0.39, 0.29) is 18.5 Å². The summed E-state index contributed by atoms with van der Waals surface area (Å²) in [5.41, 5.74) is 1.45. The van der Waals surface area contributed by atoms with Crippen LogP contribution in [-0.4, -0.2) is 52.4 Å². The Morgan fingerprint density at radius 2 is 1.71 bits per heavy atom. The molecule has 0 bridgehead atoms. The molecule has 1 unspecified atom stereocenters. The molecule has 1 aliphatic rings. The molecule has 1 saturated heterocycles. The second-order valence-corrected chi connectivity index (χ2v) is 10.9. The first-order valence-corrected chi connectivity index (χ1v) is 13.1. The van der Waals surface area contributed by atoms with Crippen molar-refractivity contribution in [1.82, 2.24) is 9.62 Å². The number of hydrogen-bond donors (Lipinski definition) is 2. The topological polar surface area (TPSA) is 113 Å². The Hall–Kier alpha value is -2.69. The van der Waals surface area contributed by atoms with Crippen LogP contribution in [0.3, 0.4) is 0 Å². The Balaban J connectivity index is 1.59. The lowest BCUT2D eigenvalue weighted by Crippen LogP contribution is -2.49. The van der Waals surface area contributed by atoms with E-state index in [2.05, 4.69) is 10.0 Å². The normalized spacial score (nSPS) is 18.0. The summed E-state index contributed by atoms with van der Waals surface area (Å²) in [6, 6.07) is 14.8. The molecule has 1 heterocycles. The van der Waals surface area contributed by atoms with Crippen molar-refractivity contribution >= 4 is 37.7 Å². The second kappa shape index (κ2) is 9.63. The molecule has 0 aliphatic carbocycles. The molecule has 2 aromatic carbocycles. The quantitative estimate of drug-likeness (QED) is 0.654. The molecule has 2 N–H and O–H groups in total. The van der Waals surface area contributed by atoms with Gasteiger partial charge in [-0.05, 0) is 48.7 Å². The Morgan fingerprint density at radius 3 is 2.35 bits per heavy atom. The maximum Gasteiger partial charge on any atom is 0.255 e. The first-order chi connectivity index (χ1) is 14.6. The van der Waals surface area contributed by atoms with Crippen molar-refractivity contribution in [2.45, 2.75) is 18.9 Å². The molecule has 166 valence electrons. The minimum Gasteiger partial charge on any atom is -0.348 e. The van der Waals surface area contributed by atoms with Crippen LogP contribution in [0.1, 0.15) is 28.8 Å². The Morgan fingerprint density at radius 1 is 1.03 bits per heavy atom. The summed E-state index contributed by atoms with van der Waals surface area (Å²) in [7, 11) is -7.00. The van der Waals surface area contributed by atoms with Gasteiger partial charge in [-0.1, -0.05) is 30.3 Å². The van der Waals surface area contributed by atoms with Crippen LogP contribution in [-0.2, 0) is 20.0 Å². The lowest BCUT2D eigenvalue weighted by molar-refractivity contribution is 0.0921. The van der Waals surface area contributed by atoms with E-state index < -0.39 is 20.0 Å². The van der Waals surface area contributed by atoms with Crippen LogP contribution in [0.25, 0.3) is 6.08 Å². The van der Waals surface area contributed by atoms with Crippen molar-refractivity contribution in [3.63, 3.8) is 0 Å². The van der Waals surface area contributed by atoms with Crippen molar-refractivity contribution in [2.75, 3.05) is 24.1 Å². The van der Waals surface area contributed by atoms with Crippen LogP contribution in [0.4, 0.5) is 5.69 Å². The summed E-state index contributed by atoms with van der Waals surface area (Å²) in [6.45, 7) is 0.703. The lowest BCUT2D eigenvalue weighted by atomic mass is 10.1. The van der Waals surface area contributed by atoms with E-state index in [1.165, 1.54) is 34.6 Å². The van der Waals surface area contributed by atoms with Gasteiger partial charge in [0.1, 0.15) is 0 Å². The number of nitrogens with zero attached hydrogens (tertiary/aromatic N) is 1. The van der Waals surface area contributed by atoms with Crippen molar-refractivity contribution < 1.29 is 21.6 Å². The summed E-state index contributed by atoms with van der Waals surface area (Å²) >= 11 is 0. The third-order valence-corrected chi connectivity index (χ3v) is 7.12. The highest BCUT2D eigenvalue weighted by atomic mass is 32.2. The standard InChI is InChI=1S/C21H25N3O5S2/c1-30(26,27)24-14-5-8-20(16-24)22-21(25)18-9-11-19(12-10-18)23-31(28,29)15-13-17-6-3-2-4-7-17/h2-4,6-7,9-13,15,20,23H,5,8,14,16H2,1H3,(H,22,25)/b15-13+. The molecule has 3 rings (SSSR count). The smallest absolute Gasteiger partial charge is 0.255 e. The number of hydrogen-bond acceptors (Lipinski definition) is 5. The predicted molar refractivity (Wildman–Crippen MR) is 121 cm³/mol. The number of anilines is 1. The molecule has 1 amide bonds. The maximum atomic E-state index is 12.5. The van der Waals surface area contributed by atoms with Crippen LogP contribution in [0.2, 0.25) is 0 Å². The molecule has 8 nitrogen and oxygen atoms in total. The first-order valence-electron chi connectivity index (χ1n) is 9.74. The summed E-state index contributed by atoms with van der Waals surface area (Å²) < 4.78 is 51.7. The molecule has 1 aliphatic heterocycles. The summed E-state index contributed by atoms with van der Waals surface area (Å²) in [5.74, 6) is -0.335. The average Bonchev–Trinajstić information content (AvgIpc) is 2.73. The molecule has 10 heteroatoms. The zero-order valence-corrected chi connectivity index (χ0v) is 18.7. The van der Waals surface area contributed by atoms with Crippen molar-refractivity contribution in [3.8, 4) is 0 Å². The van der Waals surface area contributed by atoms with Crippen molar-refractivity contribution in [1.29, 1.82) is 0 Å². The fourth-order valence-electron chi connectivity index (χ4n) is 3.25. The van der Waals surface area contributed by atoms with Gasteiger partial charge < -0.3 is 5.32 Å². The number of nitrogens with one attached hydrogen (secondary N) is 2. The molecule has 1 fully saturated rings. The van der Waals surface area contributed by atoms with E-state index in [9.17, 15) is 21.6 Å². The highest BCUT2D eigenvalue weighted by Crippen LogP contribution is 2.16. The fourth-order valence-corrected chi connectivity index (χ4v) is 5.03. The monoisotopic (exact) mass is 463 g/mol. The van der Waals surface area contributed by atoms with Crippen LogP contribution in [0, 0.1) is 0 Å². The van der Waals surface area contributed by atoms with E-state index in [0.29, 0.717) is 30.6 Å². The van der Waals surface area contributed by atoms with Crippen LogP contribution in [0.15, 0.2) is 60.0 Å². The van der Waals surface area contributed by atoms with Gasteiger partial charge in [0, 0.05) is 30.4 Å². The zero-order chi connectivity index (χ0) is 22.5. The van der Waals surface area contributed by atoms with Gasteiger partial charge in [0.25, 0.3) is 15.9 Å². The van der Waals surface area contributed by atoms with E-state index in [1.54, 1.807) is 12.1 Å². The van der Waals surface area contributed by atoms with Gasteiger partial charge in [0.2, 0.25) is 10.0 Å². The average molecular weight is 464 g/mol. The molecular weight excluding hydrogens is 438 g/mol. The minimum absolute atomic E-state index is 0.246. The molecule has 0 radical (unpaired) electrons. The van der Waals surface area contributed by atoms with Gasteiger partial charge in [-0.2, -0.15) is 0 Å². The van der Waals surface area contributed by atoms with Crippen LogP contribution in [0.5, 0.6) is 0 Å². The van der Waals surface area contributed by atoms with E-state index in [0.717, 1.165) is 17.2 Å². The first kappa shape index (κ1) is 23.0. The lowest BCUT2D eigenvalue weighted by Gasteiger charge is -2.31. The van der Waals surface area contributed by atoms with Gasteiger partial charge in [-0.25, -0.2) is 21.1 Å². The molecule has 31 heavy (non-hydrogen) atoms. The Bertz CT molecular complexity index is 1150. The van der Waals surface area contributed by atoms with E-state index in [4.69, 9.17) is 0 Å². The van der Waals surface area contributed by atoms with Gasteiger partial charge in [-0.15, -0.1) is 0 Å². The molecular formula is C21H25N3O5S2. The van der Waals surface area contributed by atoms with E-state index in [1.807, 2.05) is 18.2 Å². The largest absolute Gasteiger partial charge is 0.348 e. The third-order valence-electron chi connectivity index (χ3n) is 4.83. The SMILES string of the molecule is CS(=O)(=O)N1CCCC(NC(=O)c2ccc(NS(=O)(=O)/C=C/c3ccccc3)cc2)C1. The molecule has 1 atom stereocenters. The highest BCUT2D eigenvalue weighted by molar-refractivity contribution is 7.95. The number of sulfonamides is 2. The minimum atomic E-state index is -3.70. The molecule has 0 spiro atoms. The molecule has 2 aromatic rings. The summed E-state index contributed by atoms with van der Waals surface area (Å²) in [5, 5.41) is 3.93. The van der Waals surface area contributed by atoms with E-state index >= 15 is 0 Å². The van der Waals surface area contributed by atoms with Crippen LogP contribution >= 0.6 is 0 Å². The highest BCUT2D eigenvalue weighted by Gasteiger charge is 2.27. The third kappa shape index (κ3) is 6.91. The summed E-state index contributed by atoms with van der Waals surface area (Å²) in [6.07, 6.45) is 4.03. The zero-order valence-electron chi connectivity index (χ0n) is 17.1. The number of carbonyl (C=O) groups is 1. The van der Waals surface area contributed by atoms with Gasteiger partial charge in [0.05, 0.1) is 11.7 Å². The molecule has 0 aromatic heterocycles. The number of amides is 1. The maximum absolute atomic E-state index is 12.5. The number of rotatable bonds is 7.